The lowest BCUT2D eigenvalue weighted by Gasteiger charge is -2.33. The molecule has 2 aromatic heterocycles. The highest BCUT2D eigenvalue weighted by Gasteiger charge is 2.32. The van der Waals surface area contributed by atoms with E-state index in [0.717, 1.165) is 25.5 Å². The van der Waals surface area contributed by atoms with E-state index in [4.69, 9.17) is 8.94 Å². The predicted octanol–water partition coefficient (Wildman–Crippen LogP) is 1.08. The van der Waals surface area contributed by atoms with Crippen molar-refractivity contribution in [3.63, 3.8) is 0 Å². The number of hydrogen-bond donors (Lipinski definition) is 1. The third kappa shape index (κ3) is 3.82. The normalized spacial score (nSPS) is 18.7. The van der Waals surface area contributed by atoms with Crippen LogP contribution in [-0.2, 0) is 16.6 Å². The summed E-state index contributed by atoms with van der Waals surface area (Å²) in [7, 11) is -3.32. The van der Waals surface area contributed by atoms with Gasteiger partial charge in [0.15, 0.2) is 11.6 Å². The van der Waals surface area contributed by atoms with Crippen LogP contribution >= 0.6 is 0 Å². The fourth-order valence-electron chi connectivity index (χ4n) is 2.70. The standard InChI is InChI=1S/C14H18N4O5S/c1-24(20,21)16-8-10-5-6-12(23-10)14(19)18-7-3-2-4-11(18)13-15-9-22-17-13/h5-6,9,11,16H,2-4,7-8H2,1H3. The van der Waals surface area contributed by atoms with Crippen LogP contribution in [0.4, 0.5) is 0 Å². The molecule has 1 unspecified atom stereocenters. The van der Waals surface area contributed by atoms with Gasteiger partial charge in [-0.2, -0.15) is 4.98 Å². The first-order valence-corrected chi connectivity index (χ1v) is 9.44. The van der Waals surface area contributed by atoms with Crippen LogP contribution in [0.3, 0.4) is 0 Å². The number of amides is 1. The largest absolute Gasteiger partial charge is 0.455 e. The molecule has 0 radical (unpaired) electrons. The van der Waals surface area contributed by atoms with Crippen molar-refractivity contribution < 1.29 is 22.2 Å². The van der Waals surface area contributed by atoms with Gasteiger partial charge in [0, 0.05) is 6.54 Å². The predicted molar refractivity (Wildman–Crippen MR) is 82.3 cm³/mol. The zero-order valence-corrected chi connectivity index (χ0v) is 14.0. The maximum atomic E-state index is 12.7. The molecule has 1 N–H and O–H groups in total. The first kappa shape index (κ1) is 16.7. The van der Waals surface area contributed by atoms with Crippen LogP contribution in [0.5, 0.6) is 0 Å². The van der Waals surface area contributed by atoms with Gasteiger partial charge < -0.3 is 13.8 Å². The quantitative estimate of drug-likeness (QED) is 0.853. The summed E-state index contributed by atoms with van der Waals surface area (Å²) >= 11 is 0. The van der Waals surface area contributed by atoms with Crippen LogP contribution in [0.25, 0.3) is 0 Å². The minimum Gasteiger partial charge on any atom is -0.455 e. The van der Waals surface area contributed by atoms with Gasteiger partial charge >= 0.3 is 0 Å². The molecule has 10 heteroatoms. The van der Waals surface area contributed by atoms with E-state index in [1.165, 1.54) is 6.39 Å². The Labute approximate surface area is 139 Å². The van der Waals surface area contributed by atoms with Crippen molar-refractivity contribution in [1.82, 2.24) is 19.8 Å². The first-order chi connectivity index (χ1) is 11.4. The summed E-state index contributed by atoms with van der Waals surface area (Å²) in [6.07, 6.45) is 4.93. The van der Waals surface area contributed by atoms with Gasteiger partial charge in [-0.05, 0) is 31.4 Å². The van der Waals surface area contributed by atoms with Crippen molar-refractivity contribution in [3.05, 3.63) is 35.9 Å². The summed E-state index contributed by atoms with van der Waals surface area (Å²) in [6.45, 7) is 0.579. The van der Waals surface area contributed by atoms with Gasteiger partial charge in [0.25, 0.3) is 5.91 Å². The molecule has 1 fully saturated rings. The highest BCUT2D eigenvalue weighted by atomic mass is 32.2. The Morgan fingerprint density at radius 2 is 2.25 bits per heavy atom. The Morgan fingerprint density at radius 3 is 2.96 bits per heavy atom. The number of carbonyl (C=O) groups is 1. The molecule has 9 nitrogen and oxygen atoms in total. The van der Waals surface area contributed by atoms with Crippen LogP contribution in [0, 0.1) is 0 Å². The molecule has 0 aliphatic carbocycles. The maximum absolute atomic E-state index is 12.7. The van der Waals surface area contributed by atoms with Crippen LogP contribution in [0.15, 0.2) is 27.5 Å². The van der Waals surface area contributed by atoms with Crippen LogP contribution in [0.2, 0.25) is 0 Å². The summed E-state index contributed by atoms with van der Waals surface area (Å²) in [5.74, 6) is 0.747. The molecule has 0 saturated carbocycles. The molecule has 2 aromatic rings. The van der Waals surface area contributed by atoms with E-state index in [1.54, 1.807) is 17.0 Å². The second-order valence-electron chi connectivity index (χ2n) is 5.66. The third-order valence-corrected chi connectivity index (χ3v) is 4.49. The number of sulfonamides is 1. The number of rotatable bonds is 5. The average molecular weight is 354 g/mol. The Morgan fingerprint density at radius 1 is 1.42 bits per heavy atom. The molecule has 3 rings (SSSR count). The minimum absolute atomic E-state index is 0.000381. The molecular formula is C14H18N4O5S. The van der Waals surface area contributed by atoms with Crippen LogP contribution in [-0.4, -0.2) is 42.2 Å². The summed E-state index contributed by atoms with van der Waals surface area (Å²) in [5, 5.41) is 3.84. The molecule has 0 bridgehead atoms. The molecule has 1 saturated heterocycles. The van der Waals surface area contributed by atoms with E-state index >= 15 is 0 Å². The van der Waals surface area contributed by atoms with E-state index < -0.39 is 10.0 Å². The lowest BCUT2D eigenvalue weighted by atomic mass is 10.0. The van der Waals surface area contributed by atoms with Crippen molar-refractivity contribution in [2.45, 2.75) is 31.8 Å². The second-order valence-corrected chi connectivity index (χ2v) is 7.49. The van der Waals surface area contributed by atoms with Gasteiger partial charge in [-0.1, -0.05) is 5.16 Å². The van der Waals surface area contributed by atoms with Gasteiger partial charge in [0.2, 0.25) is 16.4 Å². The molecular weight excluding hydrogens is 336 g/mol. The van der Waals surface area contributed by atoms with Crippen LogP contribution in [0.1, 0.15) is 47.4 Å². The number of furan rings is 1. The zero-order valence-electron chi connectivity index (χ0n) is 13.1. The average Bonchev–Trinajstić information content (AvgIpc) is 3.23. The highest BCUT2D eigenvalue weighted by molar-refractivity contribution is 7.88. The van der Waals surface area contributed by atoms with Crippen molar-refractivity contribution in [1.29, 1.82) is 0 Å². The van der Waals surface area contributed by atoms with Crippen molar-refractivity contribution in [3.8, 4) is 0 Å². The van der Waals surface area contributed by atoms with E-state index in [0.29, 0.717) is 18.1 Å². The summed E-state index contributed by atoms with van der Waals surface area (Å²) in [4.78, 5) is 18.4. The number of piperidine rings is 1. The zero-order chi connectivity index (χ0) is 17.2. The van der Waals surface area contributed by atoms with E-state index in [2.05, 4.69) is 14.9 Å². The van der Waals surface area contributed by atoms with Gasteiger partial charge in [-0.3, -0.25) is 4.79 Å². The summed E-state index contributed by atoms with van der Waals surface area (Å²) in [5.41, 5.74) is 0. The Hall–Kier alpha value is -2.20. The molecule has 0 spiro atoms. The SMILES string of the molecule is CS(=O)(=O)NCc1ccc(C(=O)N2CCCCC2c2ncon2)o1. The molecule has 130 valence electrons. The second kappa shape index (κ2) is 6.73. The van der Waals surface area contributed by atoms with E-state index in [1.807, 2.05) is 0 Å². The van der Waals surface area contributed by atoms with Crippen molar-refractivity contribution in [2.75, 3.05) is 12.8 Å². The maximum Gasteiger partial charge on any atom is 0.290 e. The lowest BCUT2D eigenvalue weighted by molar-refractivity contribution is 0.0562. The monoisotopic (exact) mass is 354 g/mol. The number of likely N-dealkylation sites (tertiary alicyclic amines) is 1. The van der Waals surface area contributed by atoms with E-state index in [-0.39, 0.29) is 24.3 Å². The number of aromatic nitrogens is 2. The van der Waals surface area contributed by atoms with Crippen molar-refractivity contribution in [2.24, 2.45) is 0 Å². The summed E-state index contributed by atoms with van der Waals surface area (Å²) < 4.78 is 34.8. The molecule has 1 aliphatic rings. The van der Waals surface area contributed by atoms with Gasteiger partial charge in [0.05, 0.1) is 18.8 Å². The number of nitrogens with zero attached hydrogens (tertiary/aromatic N) is 3. The molecule has 1 aliphatic heterocycles. The lowest BCUT2D eigenvalue weighted by Crippen LogP contribution is -2.38. The smallest absolute Gasteiger partial charge is 0.290 e. The highest BCUT2D eigenvalue weighted by Crippen LogP contribution is 2.30. The molecule has 1 atom stereocenters. The Balaban J connectivity index is 1.74. The molecule has 1 amide bonds. The fraction of sp³-hybridized carbons (Fsp3) is 0.500. The molecule has 0 aromatic carbocycles. The molecule has 3 heterocycles. The van der Waals surface area contributed by atoms with E-state index in [9.17, 15) is 13.2 Å². The van der Waals surface area contributed by atoms with Gasteiger partial charge in [-0.15, -0.1) is 0 Å². The number of nitrogens with one attached hydrogen (secondary N) is 1. The summed E-state index contributed by atoms with van der Waals surface area (Å²) in [6, 6.07) is 2.88. The topological polar surface area (TPSA) is 119 Å². The van der Waals surface area contributed by atoms with Gasteiger partial charge in [0.1, 0.15) is 5.76 Å². The number of carbonyl (C=O) groups excluding carboxylic acids is 1. The van der Waals surface area contributed by atoms with Crippen molar-refractivity contribution >= 4 is 15.9 Å². The molecule has 24 heavy (non-hydrogen) atoms. The fourth-order valence-corrected chi connectivity index (χ4v) is 3.10. The van der Waals surface area contributed by atoms with Crippen LogP contribution < -0.4 is 4.72 Å². The number of hydrogen-bond acceptors (Lipinski definition) is 7. The Kier molecular flexibility index (Phi) is 4.67. The first-order valence-electron chi connectivity index (χ1n) is 7.54. The van der Waals surface area contributed by atoms with Gasteiger partial charge in [-0.25, -0.2) is 13.1 Å². The third-order valence-electron chi connectivity index (χ3n) is 3.82. The minimum atomic E-state index is -3.32. The Bertz CT molecular complexity index is 799.